The Hall–Kier alpha value is -2.72. The van der Waals surface area contributed by atoms with Crippen molar-refractivity contribution in [2.75, 3.05) is 13.2 Å². The minimum atomic E-state index is -0.0613. The zero-order chi connectivity index (χ0) is 17.9. The van der Waals surface area contributed by atoms with Crippen LogP contribution in [-0.2, 0) is 4.74 Å². The maximum Gasteiger partial charge on any atom is 0.252 e. The highest BCUT2D eigenvalue weighted by Crippen LogP contribution is 2.29. The number of nitrogens with zero attached hydrogens (tertiary/aromatic N) is 1. The van der Waals surface area contributed by atoms with Gasteiger partial charge < -0.3 is 10.1 Å². The van der Waals surface area contributed by atoms with Crippen molar-refractivity contribution >= 4 is 16.8 Å². The van der Waals surface area contributed by atoms with E-state index in [1.54, 1.807) is 0 Å². The first-order chi connectivity index (χ1) is 12.7. The van der Waals surface area contributed by atoms with Crippen molar-refractivity contribution in [3.8, 4) is 11.3 Å². The number of benzene rings is 2. The van der Waals surface area contributed by atoms with Crippen LogP contribution in [0, 0.1) is 6.92 Å². The molecule has 1 aliphatic rings. The summed E-state index contributed by atoms with van der Waals surface area (Å²) in [4.78, 5) is 17.8. The second kappa shape index (κ2) is 7.26. The predicted molar refractivity (Wildman–Crippen MR) is 103 cm³/mol. The number of nitrogens with one attached hydrogen (secondary N) is 1. The number of hydrogen-bond acceptors (Lipinski definition) is 3. The average Bonchev–Trinajstić information content (AvgIpc) is 3.20. The minimum absolute atomic E-state index is 0.0613. The lowest BCUT2D eigenvalue weighted by Gasteiger charge is -2.16. The van der Waals surface area contributed by atoms with Crippen LogP contribution in [0.2, 0.25) is 0 Å². The Kier molecular flexibility index (Phi) is 4.67. The Balaban J connectivity index is 1.76. The lowest BCUT2D eigenvalue weighted by Crippen LogP contribution is -2.32. The van der Waals surface area contributed by atoms with Crippen molar-refractivity contribution in [1.82, 2.24) is 10.3 Å². The van der Waals surface area contributed by atoms with Crippen LogP contribution < -0.4 is 5.32 Å². The maximum absolute atomic E-state index is 13.0. The molecule has 0 radical (unpaired) electrons. The molecule has 2 aromatic carbocycles. The Morgan fingerprint density at radius 2 is 1.92 bits per heavy atom. The third-order valence-corrected chi connectivity index (χ3v) is 4.92. The molecular formula is C22H22N2O2. The molecule has 1 aromatic heterocycles. The molecule has 3 aromatic rings. The Bertz CT molecular complexity index is 932. The van der Waals surface area contributed by atoms with Gasteiger partial charge in [0.2, 0.25) is 0 Å². The van der Waals surface area contributed by atoms with Gasteiger partial charge in [-0.2, -0.15) is 0 Å². The first kappa shape index (κ1) is 16.7. The molecule has 4 nitrogen and oxygen atoms in total. The lowest BCUT2D eigenvalue weighted by atomic mass is 9.97. The predicted octanol–water partition coefficient (Wildman–Crippen LogP) is 4.12. The molecule has 1 unspecified atom stereocenters. The monoisotopic (exact) mass is 346 g/mol. The molecule has 26 heavy (non-hydrogen) atoms. The summed E-state index contributed by atoms with van der Waals surface area (Å²) in [5, 5.41) is 3.94. The van der Waals surface area contributed by atoms with Gasteiger partial charge in [-0.05, 0) is 31.4 Å². The standard InChI is InChI=1S/C22H22N2O2/c1-15-20(22(25)23-14-17-10-7-13-26-17)18-11-5-6-12-19(18)24-21(15)16-8-3-2-4-9-16/h2-6,8-9,11-12,17H,7,10,13-14H2,1H3,(H,23,25). The van der Waals surface area contributed by atoms with E-state index in [1.807, 2.05) is 61.5 Å². The number of carbonyl (C=O) groups is 1. The van der Waals surface area contributed by atoms with Gasteiger partial charge in [0.15, 0.2) is 0 Å². The van der Waals surface area contributed by atoms with E-state index in [0.29, 0.717) is 12.1 Å². The van der Waals surface area contributed by atoms with Gasteiger partial charge in [0.25, 0.3) is 5.91 Å². The average molecular weight is 346 g/mol. The van der Waals surface area contributed by atoms with Crippen molar-refractivity contribution in [1.29, 1.82) is 0 Å². The number of amides is 1. The number of ether oxygens (including phenoxy) is 1. The van der Waals surface area contributed by atoms with Crippen LogP contribution in [0.3, 0.4) is 0 Å². The Morgan fingerprint density at radius 1 is 1.15 bits per heavy atom. The molecule has 1 amide bonds. The summed E-state index contributed by atoms with van der Waals surface area (Å²) in [6.07, 6.45) is 2.20. The van der Waals surface area contributed by atoms with Gasteiger partial charge in [0, 0.05) is 24.1 Å². The number of fused-ring (bicyclic) bond motifs is 1. The zero-order valence-electron chi connectivity index (χ0n) is 14.9. The highest BCUT2D eigenvalue weighted by Gasteiger charge is 2.21. The molecule has 132 valence electrons. The molecule has 1 fully saturated rings. The Morgan fingerprint density at radius 3 is 2.69 bits per heavy atom. The van der Waals surface area contributed by atoms with Crippen molar-refractivity contribution in [2.24, 2.45) is 0 Å². The first-order valence-electron chi connectivity index (χ1n) is 9.08. The minimum Gasteiger partial charge on any atom is -0.376 e. The summed E-state index contributed by atoms with van der Waals surface area (Å²) in [6, 6.07) is 17.8. The highest BCUT2D eigenvalue weighted by atomic mass is 16.5. The molecule has 4 heteroatoms. The first-order valence-corrected chi connectivity index (χ1v) is 9.08. The molecule has 0 saturated carbocycles. The van der Waals surface area contributed by atoms with Crippen molar-refractivity contribution in [3.63, 3.8) is 0 Å². The van der Waals surface area contributed by atoms with Crippen molar-refractivity contribution < 1.29 is 9.53 Å². The molecule has 2 heterocycles. The summed E-state index contributed by atoms with van der Waals surface area (Å²) in [5.74, 6) is -0.0613. The summed E-state index contributed by atoms with van der Waals surface area (Å²) in [7, 11) is 0. The van der Waals surface area contributed by atoms with E-state index in [4.69, 9.17) is 9.72 Å². The third-order valence-electron chi connectivity index (χ3n) is 4.92. The molecule has 0 spiro atoms. The van der Waals surface area contributed by atoms with Crippen molar-refractivity contribution in [3.05, 3.63) is 65.7 Å². The van der Waals surface area contributed by atoms with Crippen LogP contribution >= 0.6 is 0 Å². The molecule has 1 N–H and O–H groups in total. The number of hydrogen-bond donors (Lipinski definition) is 1. The Labute approximate surface area is 153 Å². The second-order valence-electron chi connectivity index (χ2n) is 6.69. The number of para-hydroxylation sites is 1. The van der Waals surface area contributed by atoms with E-state index in [1.165, 1.54) is 0 Å². The second-order valence-corrected chi connectivity index (χ2v) is 6.69. The van der Waals surface area contributed by atoms with E-state index < -0.39 is 0 Å². The molecule has 4 rings (SSSR count). The van der Waals surface area contributed by atoms with Gasteiger partial charge in [0.05, 0.1) is 22.9 Å². The maximum atomic E-state index is 13.0. The smallest absolute Gasteiger partial charge is 0.252 e. The van der Waals surface area contributed by atoms with Crippen molar-refractivity contribution in [2.45, 2.75) is 25.9 Å². The number of rotatable bonds is 4. The van der Waals surface area contributed by atoms with Crippen LogP contribution in [0.4, 0.5) is 0 Å². The van der Waals surface area contributed by atoms with E-state index >= 15 is 0 Å². The highest BCUT2D eigenvalue weighted by molar-refractivity contribution is 6.08. The number of carbonyl (C=O) groups excluding carboxylic acids is 1. The van der Waals surface area contributed by atoms with E-state index in [-0.39, 0.29) is 12.0 Å². The van der Waals surface area contributed by atoms with Gasteiger partial charge >= 0.3 is 0 Å². The van der Waals surface area contributed by atoms with Crippen LogP contribution in [0.1, 0.15) is 28.8 Å². The van der Waals surface area contributed by atoms with Gasteiger partial charge in [-0.15, -0.1) is 0 Å². The largest absolute Gasteiger partial charge is 0.376 e. The van der Waals surface area contributed by atoms with E-state index in [2.05, 4.69) is 5.32 Å². The third kappa shape index (κ3) is 3.20. The van der Waals surface area contributed by atoms with Crippen LogP contribution in [0.5, 0.6) is 0 Å². The molecular weight excluding hydrogens is 324 g/mol. The summed E-state index contributed by atoms with van der Waals surface area (Å²) in [6.45, 7) is 3.31. The fourth-order valence-electron chi connectivity index (χ4n) is 3.58. The molecule has 0 aliphatic carbocycles. The van der Waals surface area contributed by atoms with E-state index in [0.717, 1.165) is 47.2 Å². The molecule has 1 aliphatic heterocycles. The van der Waals surface area contributed by atoms with E-state index in [9.17, 15) is 4.79 Å². The quantitative estimate of drug-likeness (QED) is 0.773. The van der Waals surface area contributed by atoms with Gasteiger partial charge in [-0.25, -0.2) is 4.98 Å². The van der Waals surface area contributed by atoms with Crippen LogP contribution in [0.15, 0.2) is 54.6 Å². The van der Waals surface area contributed by atoms with Gasteiger partial charge in [-0.3, -0.25) is 4.79 Å². The van der Waals surface area contributed by atoms with Crippen LogP contribution in [0.25, 0.3) is 22.2 Å². The zero-order valence-corrected chi connectivity index (χ0v) is 14.9. The van der Waals surface area contributed by atoms with Gasteiger partial charge in [-0.1, -0.05) is 48.5 Å². The SMILES string of the molecule is Cc1c(-c2ccccc2)nc2ccccc2c1C(=O)NCC1CCCO1. The molecule has 1 atom stereocenters. The normalized spacial score (nSPS) is 16.7. The summed E-state index contributed by atoms with van der Waals surface area (Å²) < 4.78 is 5.62. The van der Waals surface area contributed by atoms with Crippen LogP contribution in [-0.4, -0.2) is 30.1 Å². The fourth-order valence-corrected chi connectivity index (χ4v) is 3.58. The number of aromatic nitrogens is 1. The molecule has 1 saturated heterocycles. The molecule has 0 bridgehead atoms. The summed E-state index contributed by atoms with van der Waals surface area (Å²) in [5.41, 5.74) is 4.31. The fraction of sp³-hybridized carbons (Fsp3) is 0.273. The lowest BCUT2D eigenvalue weighted by molar-refractivity contribution is 0.0858. The number of pyridine rings is 1. The van der Waals surface area contributed by atoms with Gasteiger partial charge in [0.1, 0.15) is 0 Å². The summed E-state index contributed by atoms with van der Waals surface area (Å²) >= 11 is 0. The topological polar surface area (TPSA) is 51.2 Å².